The molecule has 0 radical (unpaired) electrons. The molecule has 1 aliphatic heterocycles. The van der Waals surface area contributed by atoms with Gasteiger partial charge in [0.1, 0.15) is 5.69 Å². The van der Waals surface area contributed by atoms with Crippen molar-refractivity contribution in [2.45, 2.75) is 25.4 Å². The van der Waals surface area contributed by atoms with E-state index in [1.807, 2.05) is 0 Å². The van der Waals surface area contributed by atoms with Crippen molar-refractivity contribution < 1.29 is 13.9 Å². The Morgan fingerprint density at radius 3 is 3.18 bits per heavy atom. The largest absolute Gasteiger partial charge is 0.378 e. The number of rotatable bonds is 4. The molecule has 0 aromatic carbocycles. The predicted molar refractivity (Wildman–Crippen MR) is 60.1 cm³/mol. The number of amides is 1. The van der Waals surface area contributed by atoms with Crippen molar-refractivity contribution in [3.8, 4) is 0 Å². The Kier molecular flexibility index (Phi) is 4.03. The number of pyridine rings is 1. The molecule has 4 nitrogen and oxygen atoms in total. The Bertz CT molecular complexity index is 392. The highest BCUT2D eigenvalue weighted by molar-refractivity contribution is 5.92. The van der Waals surface area contributed by atoms with Crippen molar-refractivity contribution in [3.05, 3.63) is 29.8 Å². The van der Waals surface area contributed by atoms with Gasteiger partial charge in [0.05, 0.1) is 6.10 Å². The average molecular weight is 238 g/mol. The predicted octanol–water partition coefficient (Wildman–Crippen LogP) is 1.52. The molecule has 1 aromatic rings. The van der Waals surface area contributed by atoms with Crippen LogP contribution in [0.2, 0.25) is 0 Å². The lowest BCUT2D eigenvalue weighted by molar-refractivity contribution is 0.0902. The van der Waals surface area contributed by atoms with Crippen LogP contribution in [-0.2, 0) is 4.74 Å². The number of nitrogens with one attached hydrogen (secondary N) is 1. The first kappa shape index (κ1) is 12.0. The smallest absolute Gasteiger partial charge is 0.269 e. The van der Waals surface area contributed by atoms with Gasteiger partial charge in [-0.1, -0.05) is 6.07 Å². The summed E-state index contributed by atoms with van der Waals surface area (Å²) in [6.07, 6.45) is 3.18. The number of aromatic nitrogens is 1. The minimum atomic E-state index is -0.642. The molecular weight excluding hydrogens is 223 g/mol. The molecule has 1 aliphatic rings. The maximum absolute atomic E-state index is 12.8. The van der Waals surface area contributed by atoms with Crippen LogP contribution in [-0.4, -0.2) is 30.1 Å². The third-order valence-corrected chi connectivity index (χ3v) is 2.72. The Hall–Kier alpha value is -1.49. The topological polar surface area (TPSA) is 51.2 Å². The number of nitrogens with zero attached hydrogens (tertiary/aromatic N) is 1. The van der Waals surface area contributed by atoms with Gasteiger partial charge in [-0.25, -0.2) is 4.98 Å². The Balaban J connectivity index is 1.77. The molecule has 1 aromatic heterocycles. The lowest BCUT2D eigenvalue weighted by Crippen LogP contribution is -2.27. The van der Waals surface area contributed by atoms with E-state index in [1.165, 1.54) is 18.2 Å². The summed E-state index contributed by atoms with van der Waals surface area (Å²) < 4.78 is 18.2. The van der Waals surface area contributed by atoms with Crippen molar-refractivity contribution in [2.75, 3.05) is 13.2 Å². The van der Waals surface area contributed by atoms with Gasteiger partial charge in [-0.15, -0.1) is 0 Å². The molecule has 1 fully saturated rings. The van der Waals surface area contributed by atoms with Crippen LogP contribution in [0.1, 0.15) is 29.8 Å². The molecule has 0 saturated carbocycles. The molecule has 0 bridgehead atoms. The fourth-order valence-electron chi connectivity index (χ4n) is 1.84. The molecule has 1 N–H and O–H groups in total. The van der Waals surface area contributed by atoms with E-state index in [2.05, 4.69) is 10.3 Å². The minimum absolute atomic E-state index is 0.109. The zero-order valence-electron chi connectivity index (χ0n) is 9.49. The Morgan fingerprint density at radius 2 is 2.47 bits per heavy atom. The van der Waals surface area contributed by atoms with Crippen LogP contribution in [0.25, 0.3) is 0 Å². The Morgan fingerprint density at radius 1 is 1.59 bits per heavy atom. The molecule has 17 heavy (non-hydrogen) atoms. The number of hydrogen-bond donors (Lipinski definition) is 1. The Labute approximate surface area is 99.2 Å². The third-order valence-electron chi connectivity index (χ3n) is 2.72. The lowest BCUT2D eigenvalue weighted by atomic mass is 10.2. The van der Waals surface area contributed by atoms with Gasteiger partial charge in [0.15, 0.2) is 0 Å². The summed E-state index contributed by atoms with van der Waals surface area (Å²) in [5.74, 6) is -0.987. The number of carbonyl (C=O) groups is 1. The first-order chi connectivity index (χ1) is 8.25. The zero-order valence-corrected chi connectivity index (χ0v) is 9.49. The number of carbonyl (C=O) groups excluding carboxylic acids is 1. The number of ether oxygens (including phenoxy) is 1. The van der Waals surface area contributed by atoms with Gasteiger partial charge in [0.25, 0.3) is 5.91 Å². The van der Waals surface area contributed by atoms with Crippen LogP contribution in [0.5, 0.6) is 0 Å². The summed E-state index contributed by atoms with van der Waals surface area (Å²) >= 11 is 0. The van der Waals surface area contributed by atoms with Gasteiger partial charge in [0.2, 0.25) is 5.95 Å². The summed E-state index contributed by atoms with van der Waals surface area (Å²) in [5, 5.41) is 2.70. The molecule has 1 unspecified atom stereocenters. The van der Waals surface area contributed by atoms with E-state index in [1.54, 1.807) is 0 Å². The second kappa shape index (κ2) is 5.72. The fraction of sp³-hybridized carbons (Fsp3) is 0.500. The van der Waals surface area contributed by atoms with Crippen molar-refractivity contribution >= 4 is 5.91 Å². The van der Waals surface area contributed by atoms with E-state index < -0.39 is 5.95 Å². The summed E-state index contributed by atoms with van der Waals surface area (Å²) in [7, 11) is 0. The van der Waals surface area contributed by atoms with Crippen LogP contribution >= 0.6 is 0 Å². The molecule has 2 rings (SSSR count). The molecule has 1 atom stereocenters. The fourth-order valence-corrected chi connectivity index (χ4v) is 1.84. The molecule has 0 aliphatic carbocycles. The summed E-state index contributed by atoms with van der Waals surface area (Å²) in [4.78, 5) is 15.1. The highest BCUT2D eigenvalue weighted by Gasteiger charge is 2.15. The van der Waals surface area contributed by atoms with Crippen molar-refractivity contribution in [1.82, 2.24) is 10.3 Å². The normalized spacial score (nSPS) is 19.2. The van der Waals surface area contributed by atoms with Crippen LogP contribution < -0.4 is 5.32 Å². The molecule has 1 amide bonds. The molecule has 1 saturated heterocycles. The lowest BCUT2D eigenvalue weighted by Gasteiger charge is -2.09. The van der Waals surface area contributed by atoms with Crippen molar-refractivity contribution in [2.24, 2.45) is 0 Å². The monoisotopic (exact) mass is 238 g/mol. The van der Waals surface area contributed by atoms with Gasteiger partial charge in [-0.3, -0.25) is 4.79 Å². The zero-order chi connectivity index (χ0) is 12.1. The van der Waals surface area contributed by atoms with E-state index in [0.29, 0.717) is 6.54 Å². The maximum Gasteiger partial charge on any atom is 0.269 e. The summed E-state index contributed by atoms with van der Waals surface area (Å²) in [6.45, 7) is 1.34. The second-order valence-electron chi connectivity index (χ2n) is 4.03. The molecule has 0 spiro atoms. The molecule has 5 heteroatoms. The molecule has 2 heterocycles. The van der Waals surface area contributed by atoms with Gasteiger partial charge in [-0.05, 0) is 31.4 Å². The van der Waals surface area contributed by atoms with E-state index in [0.717, 1.165) is 25.9 Å². The second-order valence-corrected chi connectivity index (χ2v) is 4.03. The highest BCUT2D eigenvalue weighted by atomic mass is 19.1. The minimum Gasteiger partial charge on any atom is -0.378 e. The first-order valence-electron chi connectivity index (χ1n) is 5.78. The highest BCUT2D eigenvalue weighted by Crippen LogP contribution is 2.14. The maximum atomic E-state index is 12.8. The van der Waals surface area contributed by atoms with E-state index in [4.69, 9.17) is 4.74 Å². The van der Waals surface area contributed by atoms with Crippen molar-refractivity contribution in [1.29, 1.82) is 0 Å². The quantitative estimate of drug-likeness (QED) is 0.809. The standard InChI is InChI=1S/C12H15FN2O2/c13-11-5-1-4-10(15-11)12(16)14-7-6-9-3-2-8-17-9/h1,4-5,9H,2-3,6-8H2,(H,14,16). The van der Waals surface area contributed by atoms with Gasteiger partial charge < -0.3 is 10.1 Å². The molecule has 92 valence electrons. The van der Waals surface area contributed by atoms with Crippen LogP contribution in [0, 0.1) is 5.95 Å². The van der Waals surface area contributed by atoms with Crippen LogP contribution in [0.15, 0.2) is 18.2 Å². The van der Waals surface area contributed by atoms with Gasteiger partial charge >= 0.3 is 0 Å². The molecular formula is C12H15FN2O2. The third kappa shape index (κ3) is 3.49. The number of hydrogen-bond acceptors (Lipinski definition) is 3. The number of halogens is 1. The van der Waals surface area contributed by atoms with Crippen LogP contribution in [0.4, 0.5) is 4.39 Å². The average Bonchev–Trinajstić information content (AvgIpc) is 2.82. The SMILES string of the molecule is O=C(NCCC1CCCO1)c1cccc(F)n1. The van der Waals surface area contributed by atoms with Gasteiger partial charge in [-0.2, -0.15) is 4.39 Å². The van der Waals surface area contributed by atoms with Gasteiger partial charge in [0, 0.05) is 13.2 Å². The van der Waals surface area contributed by atoms with E-state index in [-0.39, 0.29) is 17.7 Å². The first-order valence-corrected chi connectivity index (χ1v) is 5.78. The summed E-state index contributed by atoms with van der Waals surface area (Å²) in [5.41, 5.74) is 0.109. The van der Waals surface area contributed by atoms with Crippen LogP contribution in [0.3, 0.4) is 0 Å². The van der Waals surface area contributed by atoms with E-state index in [9.17, 15) is 9.18 Å². The van der Waals surface area contributed by atoms with Crippen molar-refractivity contribution in [3.63, 3.8) is 0 Å². The summed E-state index contributed by atoms with van der Waals surface area (Å²) in [6, 6.07) is 4.17. The van der Waals surface area contributed by atoms with E-state index >= 15 is 0 Å².